The first-order chi connectivity index (χ1) is 16.5. The van der Waals surface area contributed by atoms with E-state index in [-0.39, 0.29) is 17.2 Å². The Morgan fingerprint density at radius 1 is 1.21 bits per heavy atom. The molecule has 1 aromatic heterocycles. The van der Waals surface area contributed by atoms with Crippen LogP contribution in [0.1, 0.15) is 47.3 Å². The van der Waals surface area contributed by atoms with E-state index in [1.54, 1.807) is 41.8 Å². The molecule has 34 heavy (non-hydrogen) atoms. The second-order valence-electron chi connectivity index (χ2n) is 8.07. The summed E-state index contributed by atoms with van der Waals surface area (Å²) in [6.45, 7) is 0. The number of thiophene rings is 1. The number of hydrogen-bond donors (Lipinski definition) is 1. The van der Waals surface area contributed by atoms with Gasteiger partial charge in [-0.15, -0.1) is 11.3 Å². The monoisotopic (exact) mass is 494 g/mol. The Labute approximate surface area is 204 Å². The first kappa shape index (κ1) is 22.5. The van der Waals surface area contributed by atoms with Crippen LogP contribution < -0.4 is 9.47 Å². The lowest BCUT2D eigenvalue weighted by Crippen LogP contribution is -2.35. The van der Waals surface area contributed by atoms with Gasteiger partial charge in [-0.3, -0.25) is 10.2 Å². The van der Waals surface area contributed by atoms with Gasteiger partial charge in [0.2, 0.25) is 5.17 Å². The van der Waals surface area contributed by atoms with Crippen molar-refractivity contribution in [1.82, 2.24) is 5.01 Å². The molecule has 1 aromatic carbocycles. The van der Waals surface area contributed by atoms with Crippen LogP contribution in [0.2, 0.25) is 0 Å². The van der Waals surface area contributed by atoms with Crippen LogP contribution in [0.25, 0.3) is 6.08 Å². The topological polar surface area (TPSA) is 104 Å². The van der Waals surface area contributed by atoms with Gasteiger partial charge in [0.15, 0.2) is 17.3 Å². The number of carbonyl (C=O) groups excluding carboxylic acids is 2. The van der Waals surface area contributed by atoms with E-state index >= 15 is 0 Å². The summed E-state index contributed by atoms with van der Waals surface area (Å²) in [6, 6.07) is 8.42. The molecule has 0 atom stereocenters. The van der Waals surface area contributed by atoms with Crippen molar-refractivity contribution >= 4 is 57.1 Å². The molecule has 1 saturated carbocycles. The number of ether oxygens (including phenoxy) is 2. The number of amidine groups is 2. The van der Waals surface area contributed by atoms with Crippen LogP contribution >= 0.6 is 23.1 Å². The number of methoxy groups -OCH3 is 1. The Morgan fingerprint density at radius 3 is 2.76 bits per heavy atom. The smallest absolute Gasteiger partial charge is 0.353 e. The molecule has 1 fully saturated rings. The zero-order valence-corrected chi connectivity index (χ0v) is 20.1. The Hall–Kier alpha value is -3.24. The highest BCUT2D eigenvalue weighted by molar-refractivity contribution is 8.27. The highest BCUT2D eigenvalue weighted by Gasteiger charge is 2.38. The van der Waals surface area contributed by atoms with E-state index in [0.29, 0.717) is 27.3 Å². The molecular weight excluding hydrogens is 472 g/mol. The standard InChI is InChI=1S/C24H22N4O4S2/c1-31-18-13-14(9-10-17(18)32-23(30)19-8-5-11-33-19)12-16-20(25)28-24(26-21(16)29)34-22(27-28)15-6-3-2-4-7-15/h5,8-13,15,25H,2-4,6-7H2,1H3/b16-12-,25-20?. The molecule has 3 aliphatic rings. The van der Waals surface area contributed by atoms with E-state index in [1.165, 1.54) is 54.5 Å². The summed E-state index contributed by atoms with van der Waals surface area (Å²) in [7, 11) is 1.47. The maximum atomic E-state index is 12.7. The molecule has 1 N–H and O–H groups in total. The summed E-state index contributed by atoms with van der Waals surface area (Å²) >= 11 is 2.69. The fourth-order valence-electron chi connectivity index (χ4n) is 4.09. The second kappa shape index (κ2) is 9.55. The number of thioether (sulfide) groups is 1. The molecule has 0 unspecified atom stereocenters. The molecule has 3 heterocycles. The van der Waals surface area contributed by atoms with Gasteiger partial charge in [0.25, 0.3) is 5.91 Å². The number of nitrogens with zero attached hydrogens (tertiary/aromatic N) is 3. The van der Waals surface area contributed by atoms with Crippen LogP contribution in [0.3, 0.4) is 0 Å². The van der Waals surface area contributed by atoms with Crippen molar-refractivity contribution in [2.24, 2.45) is 16.0 Å². The predicted octanol–water partition coefficient (Wildman–Crippen LogP) is 5.18. The van der Waals surface area contributed by atoms with Crippen LogP contribution in [0.15, 0.2) is 51.4 Å². The highest BCUT2D eigenvalue weighted by Crippen LogP contribution is 2.36. The summed E-state index contributed by atoms with van der Waals surface area (Å²) in [6.07, 6.45) is 7.35. The van der Waals surface area contributed by atoms with Crippen LogP contribution in [0, 0.1) is 11.3 Å². The molecule has 0 radical (unpaired) electrons. The summed E-state index contributed by atoms with van der Waals surface area (Å²) in [4.78, 5) is 29.7. The summed E-state index contributed by atoms with van der Waals surface area (Å²) in [5.74, 6) is 0.0369. The van der Waals surface area contributed by atoms with Crippen molar-refractivity contribution in [3.8, 4) is 11.5 Å². The van der Waals surface area contributed by atoms with Gasteiger partial charge in [-0.25, -0.2) is 4.79 Å². The van der Waals surface area contributed by atoms with E-state index in [2.05, 4.69) is 10.1 Å². The lowest BCUT2D eigenvalue weighted by atomic mass is 9.90. The molecule has 2 aromatic rings. The Balaban J connectivity index is 1.38. The molecule has 1 aliphatic carbocycles. The summed E-state index contributed by atoms with van der Waals surface area (Å²) < 4.78 is 10.9. The molecule has 1 amide bonds. The third-order valence-electron chi connectivity index (χ3n) is 5.85. The normalized spacial score (nSPS) is 19.7. The van der Waals surface area contributed by atoms with Crippen molar-refractivity contribution in [2.75, 3.05) is 7.11 Å². The number of carbonyl (C=O) groups is 2. The van der Waals surface area contributed by atoms with E-state index in [1.807, 2.05) is 0 Å². The molecule has 5 rings (SSSR count). The van der Waals surface area contributed by atoms with Gasteiger partial charge in [0.1, 0.15) is 9.92 Å². The Kier molecular flexibility index (Phi) is 6.34. The largest absolute Gasteiger partial charge is 0.493 e. The number of benzene rings is 1. The molecule has 0 spiro atoms. The van der Waals surface area contributed by atoms with E-state index in [0.717, 1.165) is 17.9 Å². The van der Waals surface area contributed by atoms with Gasteiger partial charge in [-0.1, -0.05) is 31.4 Å². The van der Waals surface area contributed by atoms with Gasteiger partial charge in [0, 0.05) is 5.92 Å². The maximum absolute atomic E-state index is 12.7. The molecule has 10 heteroatoms. The minimum Gasteiger partial charge on any atom is -0.493 e. The van der Waals surface area contributed by atoms with Crippen molar-refractivity contribution in [3.63, 3.8) is 0 Å². The molecule has 2 aliphatic heterocycles. The van der Waals surface area contributed by atoms with Crippen molar-refractivity contribution in [1.29, 1.82) is 5.41 Å². The summed E-state index contributed by atoms with van der Waals surface area (Å²) in [5, 5.41) is 17.9. The SMILES string of the molecule is COc1cc(/C=C2/C(=N)N3N=C(C4CCCCC4)SC3=NC2=O)ccc1OC(=O)c1cccs1. The minimum absolute atomic E-state index is 0.000441. The highest BCUT2D eigenvalue weighted by atomic mass is 32.2. The molecular formula is C24H22N4O4S2. The van der Waals surface area contributed by atoms with Gasteiger partial charge in [-0.2, -0.15) is 15.1 Å². The number of aliphatic imine (C=N–C) groups is 1. The third-order valence-corrected chi connectivity index (χ3v) is 7.77. The van der Waals surface area contributed by atoms with Crippen LogP contribution in [-0.2, 0) is 4.79 Å². The summed E-state index contributed by atoms with van der Waals surface area (Å²) in [5.41, 5.74) is 0.756. The predicted molar refractivity (Wildman–Crippen MR) is 134 cm³/mol. The van der Waals surface area contributed by atoms with Gasteiger partial charge < -0.3 is 9.47 Å². The quantitative estimate of drug-likeness (QED) is 0.349. The number of hydrogen-bond acceptors (Lipinski definition) is 8. The zero-order valence-electron chi connectivity index (χ0n) is 18.4. The number of amides is 1. The Morgan fingerprint density at radius 2 is 2.03 bits per heavy atom. The van der Waals surface area contributed by atoms with Crippen molar-refractivity contribution in [2.45, 2.75) is 32.1 Å². The minimum atomic E-state index is -0.476. The third kappa shape index (κ3) is 4.43. The number of esters is 1. The van der Waals surface area contributed by atoms with Gasteiger partial charge >= 0.3 is 5.97 Å². The van der Waals surface area contributed by atoms with E-state index in [4.69, 9.17) is 14.9 Å². The average Bonchev–Trinajstić information content (AvgIpc) is 3.54. The van der Waals surface area contributed by atoms with Gasteiger partial charge in [0.05, 0.1) is 12.7 Å². The number of rotatable bonds is 5. The van der Waals surface area contributed by atoms with Crippen LogP contribution in [-0.4, -0.2) is 40.0 Å². The van der Waals surface area contributed by atoms with E-state index < -0.39 is 11.9 Å². The van der Waals surface area contributed by atoms with E-state index in [9.17, 15) is 9.59 Å². The first-order valence-electron chi connectivity index (χ1n) is 11.0. The fraction of sp³-hybridized carbons (Fsp3) is 0.292. The van der Waals surface area contributed by atoms with Crippen molar-refractivity contribution in [3.05, 3.63) is 51.7 Å². The molecule has 0 bridgehead atoms. The van der Waals surface area contributed by atoms with Crippen molar-refractivity contribution < 1.29 is 19.1 Å². The first-order valence-corrected chi connectivity index (χ1v) is 12.7. The second-order valence-corrected chi connectivity index (χ2v) is 10.0. The lowest BCUT2D eigenvalue weighted by Gasteiger charge is -2.20. The van der Waals surface area contributed by atoms with Gasteiger partial charge in [-0.05, 0) is 59.8 Å². The lowest BCUT2D eigenvalue weighted by molar-refractivity contribution is -0.114. The average molecular weight is 495 g/mol. The number of nitrogens with one attached hydrogen (secondary N) is 1. The molecule has 174 valence electrons. The molecule has 0 saturated heterocycles. The maximum Gasteiger partial charge on any atom is 0.353 e. The molecule has 8 nitrogen and oxygen atoms in total. The van der Waals surface area contributed by atoms with Crippen LogP contribution in [0.4, 0.5) is 0 Å². The number of fused-ring (bicyclic) bond motifs is 1. The van der Waals surface area contributed by atoms with Crippen LogP contribution in [0.5, 0.6) is 11.5 Å². The fourth-order valence-corrected chi connectivity index (χ4v) is 5.75. The Bertz CT molecular complexity index is 1240. The zero-order chi connectivity index (χ0) is 23.7. The number of hydrazone groups is 1.